The highest BCUT2D eigenvalue weighted by Crippen LogP contribution is 2.18. The van der Waals surface area contributed by atoms with Crippen LogP contribution in [0.5, 0.6) is 0 Å². The van der Waals surface area contributed by atoms with Crippen molar-refractivity contribution in [2.45, 2.75) is 32.2 Å². The molecule has 0 aliphatic heterocycles. The summed E-state index contributed by atoms with van der Waals surface area (Å²) in [7, 11) is 0. The van der Waals surface area contributed by atoms with Crippen molar-refractivity contribution in [3.05, 3.63) is 71.8 Å². The maximum Gasteiger partial charge on any atom is 0.252 e. The average Bonchev–Trinajstić information content (AvgIpc) is 2.75. The van der Waals surface area contributed by atoms with Crippen molar-refractivity contribution in [3.8, 4) is 0 Å². The molecule has 0 radical (unpaired) electrons. The van der Waals surface area contributed by atoms with Gasteiger partial charge in [-0.05, 0) is 42.3 Å². The van der Waals surface area contributed by atoms with Gasteiger partial charge < -0.3 is 16.4 Å². The third kappa shape index (κ3) is 5.31. The summed E-state index contributed by atoms with van der Waals surface area (Å²) >= 11 is 0. The summed E-state index contributed by atoms with van der Waals surface area (Å²) < 4.78 is 0. The fourth-order valence-electron chi connectivity index (χ4n) is 3.13. The first-order chi connectivity index (χ1) is 14.1. The number of hydrogen-bond acceptors (Lipinski definition) is 4. The number of amides is 2. The molecule has 29 heavy (non-hydrogen) atoms. The number of pyridine rings is 1. The first-order valence-corrected chi connectivity index (χ1v) is 9.88. The summed E-state index contributed by atoms with van der Waals surface area (Å²) in [4.78, 5) is 29.9. The van der Waals surface area contributed by atoms with Crippen molar-refractivity contribution in [2.75, 3.05) is 12.3 Å². The number of hydrogen-bond donors (Lipinski definition) is 3. The van der Waals surface area contributed by atoms with Crippen LogP contribution in [0.3, 0.4) is 0 Å². The number of nitrogens with zero attached hydrogens (tertiary/aromatic N) is 1. The lowest BCUT2D eigenvalue weighted by molar-refractivity contribution is -0.123. The number of nitrogens with one attached hydrogen (secondary N) is 2. The maximum absolute atomic E-state index is 12.9. The van der Waals surface area contributed by atoms with Crippen LogP contribution in [0.25, 0.3) is 10.9 Å². The van der Waals surface area contributed by atoms with Crippen LogP contribution in [-0.4, -0.2) is 23.3 Å². The number of aromatic nitrogens is 1. The van der Waals surface area contributed by atoms with E-state index in [1.54, 1.807) is 24.3 Å². The fourth-order valence-corrected chi connectivity index (χ4v) is 3.13. The minimum atomic E-state index is -0.759. The van der Waals surface area contributed by atoms with E-state index in [0.717, 1.165) is 35.7 Å². The van der Waals surface area contributed by atoms with E-state index in [2.05, 4.69) is 22.5 Å². The molecule has 3 aromatic rings. The van der Waals surface area contributed by atoms with E-state index in [0.29, 0.717) is 17.9 Å². The van der Waals surface area contributed by atoms with E-state index >= 15 is 0 Å². The Morgan fingerprint density at radius 2 is 1.83 bits per heavy atom. The van der Waals surface area contributed by atoms with Gasteiger partial charge in [-0.3, -0.25) is 9.59 Å². The number of benzene rings is 2. The zero-order valence-corrected chi connectivity index (χ0v) is 16.5. The highest BCUT2D eigenvalue weighted by Gasteiger charge is 2.23. The Morgan fingerprint density at radius 3 is 2.59 bits per heavy atom. The van der Waals surface area contributed by atoms with Crippen molar-refractivity contribution in [1.82, 2.24) is 15.6 Å². The van der Waals surface area contributed by atoms with Gasteiger partial charge in [-0.1, -0.05) is 50.1 Å². The molecule has 3 rings (SSSR count). The minimum Gasteiger partial charge on any atom is -0.384 e. The van der Waals surface area contributed by atoms with Crippen LogP contribution in [0.2, 0.25) is 0 Å². The van der Waals surface area contributed by atoms with Crippen molar-refractivity contribution < 1.29 is 9.59 Å². The zero-order valence-electron chi connectivity index (χ0n) is 16.5. The molecule has 1 atom stereocenters. The predicted octanol–water partition coefficient (Wildman–Crippen LogP) is 3.59. The summed E-state index contributed by atoms with van der Waals surface area (Å²) in [5.74, 6) is -0.101. The first-order valence-electron chi connectivity index (χ1n) is 9.88. The molecular formula is C23H26N4O2. The third-order valence-electron chi connectivity index (χ3n) is 4.72. The van der Waals surface area contributed by atoms with Gasteiger partial charge >= 0.3 is 0 Å². The fraction of sp³-hybridized carbons (Fsp3) is 0.261. The van der Waals surface area contributed by atoms with E-state index in [1.807, 2.05) is 36.4 Å². The van der Waals surface area contributed by atoms with Crippen molar-refractivity contribution in [2.24, 2.45) is 0 Å². The van der Waals surface area contributed by atoms with Crippen LogP contribution < -0.4 is 16.4 Å². The number of nitrogen functional groups attached to an aromatic ring is 1. The first kappa shape index (κ1) is 20.3. The van der Waals surface area contributed by atoms with Gasteiger partial charge in [-0.25, -0.2) is 4.98 Å². The molecule has 0 fully saturated rings. The molecule has 2 amide bonds. The van der Waals surface area contributed by atoms with Crippen LogP contribution in [0.1, 0.15) is 48.1 Å². The molecule has 6 nitrogen and oxygen atoms in total. The van der Waals surface area contributed by atoms with Gasteiger partial charge in [0, 0.05) is 17.5 Å². The smallest absolute Gasteiger partial charge is 0.252 e. The summed E-state index contributed by atoms with van der Waals surface area (Å²) in [6.45, 7) is 2.71. The minimum absolute atomic E-state index is 0.212. The molecule has 150 valence electrons. The molecule has 0 aliphatic rings. The second-order valence-electron chi connectivity index (χ2n) is 6.96. The van der Waals surface area contributed by atoms with E-state index < -0.39 is 6.04 Å². The topological polar surface area (TPSA) is 97.1 Å². The number of unbranched alkanes of at least 4 members (excludes halogenated alkanes) is 2. The van der Waals surface area contributed by atoms with Crippen LogP contribution >= 0.6 is 0 Å². The molecule has 0 saturated heterocycles. The number of carbonyl (C=O) groups is 2. The number of rotatable bonds is 8. The van der Waals surface area contributed by atoms with Crippen LogP contribution in [0, 0.1) is 0 Å². The van der Waals surface area contributed by atoms with Gasteiger partial charge in [0.1, 0.15) is 11.9 Å². The van der Waals surface area contributed by atoms with E-state index in [9.17, 15) is 9.59 Å². The summed E-state index contributed by atoms with van der Waals surface area (Å²) in [6.07, 6.45) is 3.05. The third-order valence-corrected chi connectivity index (χ3v) is 4.72. The predicted molar refractivity (Wildman–Crippen MR) is 115 cm³/mol. The zero-order chi connectivity index (χ0) is 20.6. The van der Waals surface area contributed by atoms with Crippen molar-refractivity contribution in [1.29, 1.82) is 0 Å². The van der Waals surface area contributed by atoms with Gasteiger partial charge in [0.05, 0.1) is 5.52 Å². The van der Waals surface area contributed by atoms with E-state index in [4.69, 9.17) is 5.73 Å². The molecule has 0 spiro atoms. The molecule has 0 saturated carbocycles. The second kappa shape index (κ2) is 9.68. The van der Waals surface area contributed by atoms with Crippen LogP contribution in [-0.2, 0) is 4.79 Å². The van der Waals surface area contributed by atoms with Gasteiger partial charge in [0.25, 0.3) is 5.91 Å². The number of fused-ring (bicyclic) bond motifs is 1. The Morgan fingerprint density at radius 1 is 1.03 bits per heavy atom. The number of nitrogens with two attached hydrogens (primary N) is 1. The molecule has 6 heteroatoms. The maximum atomic E-state index is 12.9. The Bertz CT molecular complexity index is 989. The average molecular weight is 390 g/mol. The normalized spacial score (nSPS) is 11.8. The van der Waals surface area contributed by atoms with E-state index in [1.165, 1.54) is 0 Å². The van der Waals surface area contributed by atoms with Gasteiger partial charge in [0.2, 0.25) is 5.91 Å². The highest BCUT2D eigenvalue weighted by atomic mass is 16.2. The molecule has 1 aromatic heterocycles. The van der Waals surface area contributed by atoms with Gasteiger partial charge in [-0.15, -0.1) is 0 Å². The Balaban J connectivity index is 1.78. The molecular weight excluding hydrogens is 364 g/mol. The quantitative estimate of drug-likeness (QED) is 0.512. The molecule has 0 aliphatic carbocycles. The van der Waals surface area contributed by atoms with Gasteiger partial charge in [-0.2, -0.15) is 0 Å². The summed E-state index contributed by atoms with van der Waals surface area (Å²) in [6, 6.07) is 17.2. The Hall–Kier alpha value is -3.41. The van der Waals surface area contributed by atoms with Crippen molar-refractivity contribution >= 4 is 28.5 Å². The SMILES string of the molecule is CCCCCNC(=O)C(NC(=O)c1ccc2nc(N)ccc2c1)c1ccccc1. The van der Waals surface area contributed by atoms with E-state index in [-0.39, 0.29) is 11.8 Å². The Labute approximate surface area is 170 Å². The lowest BCUT2D eigenvalue weighted by Crippen LogP contribution is -2.40. The molecule has 0 bridgehead atoms. The van der Waals surface area contributed by atoms with Crippen LogP contribution in [0.15, 0.2) is 60.7 Å². The second-order valence-corrected chi connectivity index (χ2v) is 6.96. The van der Waals surface area contributed by atoms with Crippen molar-refractivity contribution in [3.63, 3.8) is 0 Å². The molecule has 4 N–H and O–H groups in total. The lowest BCUT2D eigenvalue weighted by atomic mass is 10.0. The number of carbonyl (C=O) groups excluding carboxylic acids is 2. The molecule has 1 unspecified atom stereocenters. The monoisotopic (exact) mass is 390 g/mol. The number of anilines is 1. The lowest BCUT2D eigenvalue weighted by Gasteiger charge is -2.19. The summed E-state index contributed by atoms with van der Waals surface area (Å²) in [5, 5.41) is 6.61. The highest BCUT2D eigenvalue weighted by molar-refractivity contribution is 6.00. The van der Waals surface area contributed by atoms with Gasteiger partial charge in [0.15, 0.2) is 0 Å². The summed E-state index contributed by atoms with van der Waals surface area (Å²) in [5.41, 5.74) is 7.63. The largest absolute Gasteiger partial charge is 0.384 e. The molecule has 2 aromatic carbocycles. The standard InChI is InChI=1S/C23H26N4O2/c1-2-3-7-14-25-23(29)21(16-8-5-4-6-9-16)27-22(28)18-10-12-19-17(15-18)11-13-20(24)26-19/h4-6,8-13,15,21H,2-3,7,14H2,1H3,(H2,24,26)(H,25,29)(H,27,28). The van der Waals surface area contributed by atoms with Crippen LogP contribution in [0.4, 0.5) is 5.82 Å². The Kier molecular flexibility index (Phi) is 6.79. The molecule has 1 heterocycles.